The van der Waals surface area contributed by atoms with Gasteiger partial charge in [-0.3, -0.25) is 20.0 Å². The van der Waals surface area contributed by atoms with Crippen molar-refractivity contribution in [1.29, 1.82) is 0 Å². The molecule has 3 rings (SSSR count). The molecule has 1 saturated carbocycles. The van der Waals surface area contributed by atoms with Gasteiger partial charge < -0.3 is 0 Å². The number of rotatable bonds is 2. The van der Waals surface area contributed by atoms with Crippen LogP contribution in [0.25, 0.3) is 0 Å². The van der Waals surface area contributed by atoms with Crippen molar-refractivity contribution in [3.8, 4) is 0 Å². The molecule has 0 unspecified atom stereocenters. The van der Waals surface area contributed by atoms with E-state index in [1.54, 1.807) is 5.55 Å². The number of hydrazine groups is 1. The Morgan fingerprint density at radius 1 is 1.50 bits per heavy atom. The fraction of sp³-hybridized carbons (Fsp3) is 0.300. The van der Waals surface area contributed by atoms with Crippen molar-refractivity contribution in [1.82, 2.24) is 15.6 Å². The van der Waals surface area contributed by atoms with Crippen LogP contribution in [0.5, 0.6) is 0 Å². The molecule has 0 saturated heterocycles. The molecule has 0 aromatic carbocycles. The van der Waals surface area contributed by atoms with Crippen molar-refractivity contribution < 1.29 is 9.59 Å². The number of carbonyl (C=O) groups is 2. The first-order valence-electron chi connectivity index (χ1n) is 5.29. The molecule has 1 aliphatic heterocycles. The fourth-order valence-corrected chi connectivity index (χ4v) is 2.92. The van der Waals surface area contributed by atoms with Gasteiger partial charge in [-0.05, 0) is 12.8 Å². The number of nitrogens with one attached hydrogen (secondary N) is 1. The van der Waals surface area contributed by atoms with Crippen molar-refractivity contribution >= 4 is 29.5 Å². The summed E-state index contributed by atoms with van der Waals surface area (Å²) in [4.78, 5) is 27.3. The number of carbonyl (C=O) groups excluding carboxylic acids is 2. The first-order valence-corrected chi connectivity index (χ1v) is 6.17. The van der Waals surface area contributed by atoms with Crippen molar-refractivity contribution in [2.24, 2.45) is 10.8 Å². The second-order valence-electron chi connectivity index (χ2n) is 4.12. The summed E-state index contributed by atoms with van der Waals surface area (Å²) in [6.07, 6.45) is 2.33. The van der Waals surface area contributed by atoms with E-state index in [4.69, 9.17) is 5.84 Å². The van der Waals surface area contributed by atoms with Gasteiger partial charge in [-0.25, -0.2) is 5.84 Å². The minimum atomic E-state index is -0.622. The van der Waals surface area contributed by atoms with Gasteiger partial charge in [-0.1, -0.05) is 11.8 Å². The van der Waals surface area contributed by atoms with Crippen molar-refractivity contribution in [2.75, 3.05) is 0 Å². The average Bonchev–Trinajstić information content (AvgIpc) is 3.17. The van der Waals surface area contributed by atoms with E-state index >= 15 is 0 Å². The number of fused-ring (bicyclic) bond motifs is 2. The van der Waals surface area contributed by atoms with Crippen LogP contribution in [-0.4, -0.2) is 27.9 Å². The first-order chi connectivity index (χ1) is 8.72. The molecule has 7 nitrogen and oxygen atoms in total. The maximum atomic E-state index is 11.6. The largest absolute Gasteiger partial charge is 0.298 e. The van der Waals surface area contributed by atoms with Crippen LogP contribution in [0.1, 0.15) is 39.3 Å². The lowest BCUT2D eigenvalue weighted by atomic mass is 10.00. The molecule has 0 radical (unpaired) electrons. The molecule has 2 heterocycles. The van der Waals surface area contributed by atoms with Crippen LogP contribution < -0.4 is 11.3 Å². The lowest BCUT2D eigenvalue weighted by molar-refractivity contribution is 0.0941. The summed E-state index contributed by atoms with van der Waals surface area (Å²) in [5.41, 5.74) is 4.20. The fourth-order valence-electron chi connectivity index (χ4n) is 2.06. The summed E-state index contributed by atoms with van der Waals surface area (Å²) in [6.45, 7) is 0. The number of aromatic nitrogens is 2. The standard InChI is InChI=1S/C10H9N5O2S/c11-13-8(17)7-5(3-16)6-9(15-14-7)18-4-12-10(6)1-2-10/h3-4H,1-2,11H2,(H,13,17). The summed E-state index contributed by atoms with van der Waals surface area (Å²) in [7, 11) is 0. The normalized spacial score (nSPS) is 18.3. The van der Waals surface area contributed by atoms with Gasteiger partial charge in [0, 0.05) is 5.56 Å². The van der Waals surface area contributed by atoms with Crippen molar-refractivity contribution in [2.45, 2.75) is 23.4 Å². The van der Waals surface area contributed by atoms with Crippen LogP contribution >= 0.6 is 11.8 Å². The molecule has 0 atom stereocenters. The number of hydrogen-bond donors (Lipinski definition) is 2. The van der Waals surface area contributed by atoms with Crippen molar-refractivity contribution in [3.05, 3.63) is 16.8 Å². The quantitative estimate of drug-likeness (QED) is 0.337. The van der Waals surface area contributed by atoms with Gasteiger partial charge in [0.15, 0.2) is 12.0 Å². The molecule has 2 aliphatic rings. The van der Waals surface area contributed by atoms with Gasteiger partial charge in [0.2, 0.25) is 0 Å². The van der Waals surface area contributed by atoms with Gasteiger partial charge in [0.1, 0.15) is 5.03 Å². The Balaban J connectivity index is 2.24. The monoisotopic (exact) mass is 263 g/mol. The van der Waals surface area contributed by atoms with Crippen LogP contribution in [0.15, 0.2) is 10.0 Å². The summed E-state index contributed by atoms with van der Waals surface area (Å²) < 4.78 is 0. The van der Waals surface area contributed by atoms with E-state index in [0.717, 1.165) is 12.8 Å². The highest BCUT2D eigenvalue weighted by Crippen LogP contribution is 2.54. The van der Waals surface area contributed by atoms with Gasteiger partial charge in [-0.15, -0.1) is 10.2 Å². The smallest absolute Gasteiger partial charge is 0.286 e. The molecule has 1 aromatic rings. The van der Waals surface area contributed by atoms with Crippen LogP contribution in [0.4, 0.5) is 0 Å². The zero-order valence-corrected chi connectivity index (χ0v) is 10.0. The molecule has 1 aromatic heterocycles. The van der Waals surface area contributed by atoms with E-state index in [1.807, 2.05) is 5.43 Å². The van der Waals surface area contributed by atoms with E-state index in [9.17, 15) is 9.59 Å². The molecule has 0 bridgehead atoms. The maximum Gasteiger partial charge on any atom is 0.286 e. The Bertz CT molecular complexity index is 582. The molecule has 3 N–H and O–H groups in total. The van der Waals surface area contributed by atoms with Gasteiger partial charge in [-0.2, -0.15) is 0 Å². The third-order valence-corrected chi connectivity index (χ3v) is 3.82. The Morgan fingerprint density at radius 3 is 2.89 bits per heavy atom. The SMILES string of the molecule is NNC(=O)c1nnc2c(c1C=O)C1(CC1)N=CS2. The summed E-state index contributed by atoms with van der Waals surface area (Å²) in [5, 5.41) is 8.39. The van der Waals surface area contributed by atoms with Crippen molar-refractivity contribution in [3.63, 3.8) is 0 Å². The number of nitrogens with zero attached hydrogens (tertiary/aromatic N) is 3. The van der Waals surface area contributed by atoms with Crippen LogP contribution in [0.3, 0.4) is 0 Å². The lowest BCUT2D eigenvalue weighted by Gasteiger charge is -2.20. The zero-order chi connectivity index (χ0) is 12.8. The number of aldehydes is 1. The van der Waals surface area contributed by atoms with E-state index in [0.29, 0.717) is 16.9 Å². The highest BCUT2D eigenvalue weighted by atomic mass is 32.2. The minimum Gasteiger partial charge on any atom is -0.298 e. The average molecular weight is 263 g/mol. The Kier molecular flexibility index (Phi) is 2.42. The third-order valence-electron chi connectivity index (χ3n) is 3.10. The molecular formula is C10H9N5O2S. The zero-order valence-electron chi connectivity index (χ0n) is 9.21. The maximum absolute atomic E-state index is 11.6. The van der Waals surface area contributed by atoms with Crippen LogP contribution in [0.2, 0.25) is 0 Å². The van der Waals surface area contributed by atoms with E-state index in [-0.39, 0.29) is 16.8 Å². The summed E-state index contributed by atoms with van der Waals surface area (Å²) in [5.74, 6) is 4.45. The minimum absolute atomic E-state index is 0.0461. The predicted molar refractivity (Wildman–Crippen MR) is 64.3 cm³/mol. The van der Waals surface area contributed by atoms with Gasteiger partial charge >= 0.3 is 0 Å². The Hall–Kier alpha value is -1.80. The predicted octanol–water partition coefficient (Wildman–Crippen LogP) is 0.0157. The molecule has 1 aliphatic carbocycles. The lowest BCUT2D eigenvalue weighted by Crippen LogP contribution is -2.33. The molecular weight excluding hydrogens is 254 g/mol. The highest BCUT2D eigenvalue weighted by molar-refractivity contribution is 8.12. The molecule has 8 heteroatoms. The number of nitrogens with two attached hydrogens (primary N) is 1. The number of nitrogen functional groups attached to an aromatic ring is 1. The van der Waals surface area contributed by atoms with Gasteiger partial charge in [0.25, 0.3) is 5.91 Å². The number of aliphatic imine (C=N–C) groups is 1. The summed E-state index contributed by atoms with van der Waals surface area (Å²) in [6, 6.07) is 0. The molecule has 92 valence electrons. The molecule has 1 amide bonds. The second-order valence-corrected chi connectivity index (χ2v) is 4.95. The second kappa shape index (κ2) is 3.85. The Labute approximate surface area is 106 Å². The van der Waals surface area contributed by atoms with Crippen LogP contribution in [0, 0.1) is 0 Å². The van der Waals surface area contributed by atoms with E-state index < -0.39 is 5.91 Å². The first kappa shape index (κ1) is 11.3. The highest BCUT2D eigenvalue weighted by Gasteiger charge is 2.50. The van der Waals surface area contributed by atoms with E-state index in [2.05, 4.69) is 15.2 Å². The van der Waals surface area contributed by atoms with Crippen LogP contribution in [-0.2, 0) is 5.54 Å². The molecule has 1 spiro atoms. The number of hydrogen-bond acceptors (Lipinski definition) is 7. The Morgan fingerprint density at radius 2 is 2.28 bits per heavy atom. The number of amides is 1. The van der Waals surface area contributed by atoms with Gasteiger partial charge in [0.05, 0.1) is 16.6 Å². The molecule has 1 fully saturated rings. The molecule has 18 heavy (non-hydrogen) atoms. The third kappa shape index (κ3) is 1.46. The topological polar surface area (TPSA) is 110 Å². The summed E-state index contributed by atoms with van der Waals surface area (Å²) >= 11 is 1.30. The number of thioether (sulfide) groups is 1. The van der Waals surface area contributed by atoms with E-state index in [1.165, 1.54) is 11.8 Å².